The summed E-state index contributed by atoms with van der Waals surface area (Å²) in [6.07, 6.45) is 0. The number of nitrogens with zero attached hydrogens (tertiary/aromatic N) is 1. The van der Waals surface area contributed by atoms with Crippen LogP contribution in [0.15, 0.2) is 78.9 Å². The van der Waals surface area contributed by atoms with E-state index in [9.17, 15) is 4.79 Å². The number of nitrogens with one attached hydrogen (secondary N) is 1. The summed E-state index contributed by atoms with van der Waals surface area (Å²) in [5, 5.41) is 3.67. The summed E-state index contributed by atoms with van der Waals surface area (Å²) in [6, 6.07) is 24.8. The van der Waals surface area contributed by atoms with Gasteiger partial charge in [-0.1, -0.05) is 42.5 Å². The molecular formula is C23H22N2O3S. The lowest BCUT2D eigenvalue weighted by Gasteiger charge is -2.27. The maximum Gasteiger partial charge on any atom is 0.339 e. The number of carbonyl (C=O) groups is 1. The quantitative estimate of drug-likeness (QED) is 0.465. The molecule has 0 saturated carbocycles. The Balaban J connectivity index is 1.91. The molecule has 0 aromatic heterocycles. The number of ether oxygens (including phenoxy) is 2. The van der Waals surface area contributed by atoms with Crippen LogP contribution in [0.25, 0.3) is 0 Å². The minimum Gasteiger partial charge on any atom is -0.497 e. The van der Waals surface area contributed by atoms with Gasteiger partial charge in [-0.3, -0.25) is 0 Å². The van der Waals surface area contributed by atoms with Crippen LogP contribution in [0.5, 0.6) is 5.75 Å². The van der Waals surface area contributed by atoms with Gasteiger partial charge in [-0.25, -0.2) is 4.79 Å². The Morgan fingerprint density at radius 2 is 1.59 bits per heavy atom. The third kappa shape index (κ3) is 5.12. The zero-order chi connectivity index (χ0) is 20.6. The second-order valence-electron chi connectivity index (χ2n) is 6.24. The maximum absolute atomic E-state index is 12.1. The molecule has 0 aliphatic rings. The molecule has 3 aromatic carbocycles. The van der Waals surface area contributed by atoms with Gasteiger partial charge in [-0.05, 0) is 54.2 Å². The largest absolute Gasteiger partial charge is 0.497 e. The lowest BCUT2D eigenvalue weighted by atomic mass is 10.1. The molecule has 0 heterocycles. The Labute approximate surface area is 175 Å². The standard InChI is InChI=1S/C23H22N2O3S/c1-27-19-14-12-18(13-15-19)25(16-17-8-4-3-5-9-17)23(29)24-21-11-7-6-10-20(21)22(26)28-2/h3-15H,16H2,1-2H3,(H,24,29). The first kappa shape index (κ1) is 20.4. The summed E-state index contributed by atoms with van der Waals surface area (Å²) in [4.78, 5) is 14.1. The number of thiocarbonyl (C=S) groups is 1. The van der Waals surface area contributed by atoms with Gasteiger partial charge in [0.1, 0.15) is 5.75 Å². The van der Waals surface area contributed by atoms with Crippen molar-refractivity contribution in [2.75, 3.05) is 24.4 Å². The van der Waals surface area contributed by atoms with Gasteiger partial charge in [-0.15, -0.1) is 0 Å². The molecular weight excluding hydrogens is 384 g/mol. The van der Waals surface area contributed by atoms with E-state index in [-0.39, 0.29) is 0 Å². The van der Waals surface area contributed by atoms with E-state index in [1.165, 1.54) is 7.11 Å². The number of esters is 1. The summed E-state index contributed by atoms with van der Waals surface area (Å²) in [6.45, 7) is 0.569. The average molecular weight is 407 g/mol. The Morgan fingerprint density at radius 3 is 2.24 bits per heavy atom. The molecule has 0 bridgehead atoms. The number of rotatable bonds is 6. The molecule has 6 heteroatoms. The average Bonchev–Trinajstić information content (AvgIpc) is 2.78. The molecule has 3 rings (SSSR count). The summed E-state index contributed by atoms with van der Waals surface area (Å²) >= 11 is 5.71. The van der Waals surface area contributed by atoms with Crippen molar-refractivity contribution < 1.29 is 14.3 Å². The lowest BCUT2D eigenvalue weighted by Crippen LogP contribution is -2.34. The Hall–Kier alpha value is -3.38. The van der Waals surface area contributed by atoms with Crippen LogP contribution in [0.3, 0.4) is 0 Å². The van der Waals surface area contributed by atoms with E-state index in [4.69, 9.17) is 21.7 Å². The van der Waals surface area contributed by atoms with E-state index in [1.54, 1.807) is 25.3 Å². The van der Waals surface area contributed by atoms with Crippen molar-refractivity contribution >= 4 is 34.7 Å². The summed E-state index contributed by atoms with van der Waals surface area (Å²) in [7, 11) is 2.99. The van der Waals surface area contributed by atoms with E-state index in [2.05, 4.69) is 5.32 Å². The van der Waals surface area contributed by atoms with Crippen molar-refractivity contribution in [3.8, 4) is 5.75 Å². The molecule has 0 aliphatic carbocycles. The molecule has 3 aromatic rings. The van der Waals surface area contributed by atoms with E-state index in [1.807, 2.05) is 65.6 Å². The topological polar surface area (TPSA) is 50.8 Å². The summed E-state index contributed by atoms with van der Waals surface area (Å²) < 4.78 is 10.1. The van der Waals surface area contributed by atoms with Crippen LogP contribution < -0.4 is 15.0 Å². The highest BCUT2D eigenvalue weighted by molar-refractivity contribution is 7.80. The van der Waals surface area contributed by atoms with Crippen LogP contribution in [0.4, 0.5) is 11.4 Å². The molecule has 0 spiro atoms. The number of hydrogen-bond donors (Lipinski definition) is 1. The fourth-order valence-electron chi connectivity index (χ4n) is 2.87. The van der Waals surface area contributed by atoms with Crippen LogP contribution in [-0.4, -0.2) is 25.3 Å². The first-order valence-electron chi connectivity index (χ1n) is 9.06. The smallest absolute Gasteiger partial charge is 0.339 e. The van der Waals surface area contributed by atoms with Crippen LogP contribution in [0.1, 0.15) is 15.9 Å². The predicted octanol–water partition coefficient (Wildman–Crippen LogP) is 4.89. The zero-order valence-corrected chi connectivity index (χ0v) is 17.1. The van der Waals surface area contributed by atoms with Crippen molar-refractivity contribution in [2.45, 2.75) is 6.54 Å². The third-order valence-corrected chi connectivity index (χ3v) is 4.71. The van der Waals surface area contributed by atoms with E-state index < -0.39 is 5.97 Å². The van der Waals surface area contributed by atoms with Gasteiger partial charge in [0.2, 0.25) is 0 Å². The molecule has 0 radical (unpaired) electrons. The van der Waals surface area contributed by atoms with E-state index >= 15 is 0 Å². The second-order valence-corrected chi connectivity index (χ2v) is 6.62. The van der Waals surface area contributed by atoms with Crippen LogP contribution in [-0.2, 0) is 11.3 Å². The van der Waals surface area contributed by atoms with Crippen LogP contribution in [0, 0.1) is 0 Å². The highest BCUT2D eigenvalue weighted by Gasteiger charge is 2.17. The van der Waals surface area contributed by atoms with Gasteiger partial charge in [-0.2, -0.15) is 0 Å². The van der Waals surface area contributed by atoms with Crippen LogP contribution in [0.2, 0.25) is 0 Å². The van der Waals surface area contributed by atoms with Gasteiger partial charge in [0.15, 0.2) is 5.11 Å². The van der Waals surface area contributed by atoms with Gasteiger partial charge in [0, 0.05) is 5.69 Å². The fraction of sp³-hybridized carbons (Fsp3) is 0.130. The first-order valence-corrected chi connectivity index (χ1v) is 9.47. The molecule has 5 nitrogen and oxygen atoms in total. The second kappa shape index (κ2) is 9.71. The van der Waals surface area contributed by atoms with Gasteiger partial charge in [0.25, 0.3) is 0 Å². The third-order valence-electron chi connectivity index (χ3n) is 4.39. The van der Waals surface area contributed by atoms with Crippen molar-refractivity contribution in [3.63, 3.8) is 0 Å². The number of hydrogen-bond acceptors (Lipinski definition) is 4. The molecule has 0 aliphatic heterocycles. The van der Waals surface area contributed by atoms with Crippen molar-refractivity contribution in [1.82, 2.24) is 0 Å². The Bertz CT molecular complexity index is 975. The number of methoxy groups -OCH3 is 2. The van der Waals surface area contributed by atoms with Crippen molar-refractivity contribution in [2.24, 2.45) is 0 Å². The van der Waals surface area contributed by atoms with Crippen molar-refractivity contribution in [1.29, 1.82) is 0 Å². The number of anilines is 2. The lowest BCUT2D eigenvalue weighted by molar-refractivity contribution is 0.0602. The number of para-hydroxylation sites is 1. The summed E-state index contributed by atoms with van der Waals surface area (Å²) in [5.74, 6) is 0.346. The maximum atomic E-state index is 12.1. The zero-order valence-electron chi connectivity index (χ0n) is 16.3. The van der Waals surface area contributed by atoms with E-state index in [0.29, 0.717) is 22.9 Å². The van der Waals surface area contributed by atoms with Gasteiger partial charge >= 0.3 is 5.97 Å². The van der Waals surface area contributed by atoms with Gasteiger partial charge < -0.3 is 19.7 Å². The SMILES string of the molecule is COC(=O)c1ccccc1NC(=S)N(Cc1ccccc1)c1ccc(OC)cc1. The molecule has 148 valence electrons. The minimum atomic E-state index is -0.421. The monoisotopic (exact) mass is 406 g/mol. The molecule has 0 atom stereocenters. The Kier molecular flexibility index (Phi) is 6.81. The normalized spacial score (nSPS) is 10.1. The summed E-state index contributed by atoms with van der Waals surface area (Å²) in [5.41, 5.74) is 3.03. The minimum absolute atomic E-state index is 0.421. The molecule has 1 N–H and O–H groups in total. The first-order chi connectivity index (χ1) is 14.1. The molecule has 29 heavy (non-hydrogen) atoms. The highest BCUT2D eigenvalue weighted by Crippen LogP contribution is 2.24. The molecule has 0 unspecified atom stereocenters. The molecule has 0 fully saturated rings. The van der Waals surface area contributed by atoms with Gasteiger partial charge in [0.05, 0.1) is 32.0 Å². The predicted molar refractivity (Wildman–Crippen MR) is 120 cm³/mol. The Morgan fingerprint density at radius 1 is 0.931 bits per heavy atom. The number of carbonyl (C=O) groups excluding carboxylic acids is 1. The molecule has 0 saturated heterocycles. The van der Waals surface area contributed by atoms with E-state index in [0.717, 1.165) is 17.0 Å². The number of benzene rings is 3. The molecule has 0 amide bonds. The van der Waals surface area contributed by atoms with Crippen LogP contribution >= 0.6 is 12.2 Å². The highest BCUT2D eigenvalue weighted by atomic mass is 32.1. The van der Waals surface area contributed by atoms with Crippen molar-refractivity contribution in [3.05, 3.63) is 90.0 Å². The fourth-order valence-corrected chi connectivity index (χ4v) is 3.15.